The molecule has 198 valence electrons. The molecule has 5 aromatic rings. The largest absolute Gasteiger partial charge is 0.369 e. The van der Waals surface area contributed by atoms with E-state index >= 15 is 0 Å². The van der Waals surface area contributed by atoms with E-state index in [1.54, 1.807) is 18.3 Å². The van der Waals surface area contributed by atoms with Crippen molar-refractivity contribution in [1.82, 2.24) is 19.9 Å². The van der Waals surface area contributed by atoms with Crippen molar-refractivity contribution in [3.8, 4) is 0 Å². The van der Waals surface area contributed by atoms with E-state index < -0.39 is 0 Å². The number of hydrogen-bond donors (Lipinski definition) is 3. The third kappa shape index (κ3) is 6.05. The lowest BCUT2D eigenvalue weighted by molar-refractivity contribution is 0.313. The number of anilines is 5. The molecule has 3 aromatic carbocycles. The molecule has 0 radical (unpaired) electrons. The third-order valence-electron chi connectivity index (χ3n) is 6.96. The van der Waals surface area contributed by atoms with Crippen molar-refractivity contribution in [2.24, 2.45) is 0 Å². The number of H-pyrrole nitrogens is 1. The first kappa shape index (κ1) is 25.3. The van der Waals surface area contributed by atoms with Gasteiger partial charge in [-0.1, -0.05) is 12.1 Å². The molecule has 1 saturated heterocycles. The Morgan fingerprint density at radius 2 is 1.72 bits per heavy atom. The van der Waals surface area contributed by atoms with Crippen molar-refractivity contribution in [3.63, 3.8) is 0 Å². The van der Waals surface area contributed by atoms with Gasteiger partial charge in [-0.25, -0.2) is 9.37 Å². The van der Waals surface area contributed by atoms with E-state index in [0.717, 1.165) is 64.2 Å². The fourth-order valence-corrected chi connectivity index (χ4v) is 5.12. The van der Waals surface area contributed by atoms with E-state index in [4.69, 9.17) is 4.98 Å². The lowest BCUT2D eigenvalue weighted by Crippen LogP contribution is -2.44. The standard InChI is InChI=1S/C30H29BrFN7/c1-38-11-13-39(14-12-38)26-8-5-23(6-9-26)36-30-33-19-27(31)29(37-30)35-24-7-10-28-21(17-24)18-25(34-28)16-20-3-2-4-22(32)15-20/h2-10,15,17-19,34H,11-14,16H2,1H3,(H2,33,35,36,37). The minimum absolute atomic E-state index is 0.220. The van der Waals surface area contributed by atoms with Gasteiger partial charge in [0, 0.05) is 72.5 Å². The van der Waals surface area contributed by atoms with Crippen molar-refractivity contribution in [1.29, 1.82) is 0 Å². The highest BCUT2D eigenvalue weighted by Gasteiger charge is 2.14. The Labute approximate surface area is 235 Å². The smallest absolute Gasteiger partial charge is 0.229 e. The number of benzene rings is 3. The van der Waals surface area contributed by atoms with E-state index in [-0.39, 0.29) is 5.82 Å². The van der Waals surface area contributed by atoms with Crippen molar-refractivity contribution in [2.75, 3.05) is 48.8 Å². The van der Waals surface area contributed by atoms with Crippen molar-refractivity contribution in [3.05, 3.63) is 101 Å². The molecule has 0 saturated carbocycles. The number of halogens is 2. The normalized spacial score (nSPS) is 14.1. The molecule has 0 spiro atoms. The average Bonchev–Trinajstić information content (AvgIpc) is 3.33. The van der Waals surface area contributed by atoms with Gasteiger partial charge in [0.05, 0.1) is 4.47 Å². The van der Waals surface area contributed by atoms with Crippen LogP contribution in [0.3, 0.4) is 0 Å². The Hall–Kier alpha value is -3.95. The van der Waals surface area contributed by atoms with Crippen LogP contribution in [0.25, 0.3) is 10.9 Å². The lowest BCUT2D eigenvalue weighted by Gasteiger charge is -2.34. The van der Waals surface area contributed by atoms with Crippen molar-refractivity contribution < 1.29 is 4.39 Å². The number of aromatic amines is 1. The third-order valence-corrected chi connectivity index (χ3v) is 7.54. The molecular formula is C30H29BrFN7. The number of piperazine rings is 1. The van der Waals surface area contributed by atoms with Gasteiger partial charge < -0.3 is 25.4 Å². The Bertz CT molecular complexity index is 1590. The SMILES string of the molecule is CN1CCN(c2ccc(Nc3ncc(Br)c(Nc4ccc5[nH]c(Cc6cccc(F)c6)cc5c4)n3)cc2)CC1. The van der Waals surface area contributed by atoms with Crippen molar-refractivity contribution >= 4 is 55.7 Å². The average molecular weight is 587 g/mol. The van der Waals surface area contributed by atoms with Crippen LogP contribution in [-0.2, 0) is 6.42 Å². The van der Waals surface area contributed by atoms with Gasteiger partial charge in [-0.05, 0) is 89.2 Å². The van der Waals surface area contributed by atoms with Crippen LogP contribution in [0.4, 0.5) is 33.2 Å². The van der Waals surface area contributed by atoms with Crippen LogP contribution < -0.4 is 15.5 Å². The predicted molar refractivity (Wildman–Crippen MR) is 160 cm³/mol. The number of aromatic nitrogens is 3. The van der Waals surface area contributed by atoms with E-state index in [2.05, 4.69) is 89.8 Å². The first-order valence-corrected chi connectivity index (χ1v) is 13.7. The molecule has 9 heteroatoms. The molecule has 39 heavy (non-hydrogen) atoms. The molecular weight excluding hydrogens is 557 g/mol. The summed E-state index contributed by atoms with van der Waals surface area (Å²) in [6.45, 7) is 4.24. The molecule has 0 unspecified atom stereocenters. The fraction of sp³-hybridized carbons (Fsp3) is 0.200. The molecule has 1 aliphatic heterocycles. The molecule has 2 aromatic heterocycles. The van der Waals surface area contributed by atoms with E-state index in [0.29, 0.717) is 18.2 Å². The molecule has 0 amide bonds. The second-order valence-corrected chi connectivity index (χ2v) is 10.7. The molecule has 3 heterocycles. The molecule has 6 rings (SSSR count). The molecule has 0 aliphatic carbocycles. The van der Waals surface area contributed by atoms with Gasteiger partial charge >= 0.3 is 0 Å². The Balaban J connectivity index is 1.14. The zero-order valence-electron chi connectivity index (χ0n) is 21.6. The maximum atomic E-state index is 13.6. The molecule has 3 N–H and O–H groups in total. The van der Waals surface area contributed by atoms with Gasteiger partial charge in [-0.15, -0.1) is 0 Å². The monoisotopic (exact) mass is 585 g/mol. The predicted octanol–water partition coefficient (Wildman–Crippen LogP) is 6.69. The number of hydrogen-bond acceptors (Lipinski definition) is 6. The summed E-state index contributed by atoms with van der Waals surface area (Å²) in [7, 11) is 2.16. The number of rotatable bonds is 7. The highest BCUT2D eigenvalue weighted by atomic mass is 79.9. The van der Waals surface area contributed by atoms with Crippen LogP contribution >= 0.6 is 15.9 Å². The fourth-order valence-electron chi connectivity index (χ4n) is 4.83. The molecule has 1 aliphatic rings. The Morgan fingerprint density at radius 3 is 2.51 bits per heavy atom. The number of nitrogens with one attached hydrogen (secondary N) is 3. The summed E-state index contributed by atoms with van der Waals surface area (Å²) in [6, 6.07) is 23.3. The van der Waals surface area contributed by atoms with E-state index in [1.165, 1.54) is 11.8 Å². The summed E-state index contributed by atoms with van der Waals surface area (Å²) in [4.78, 5) is 17.3. The molecule has 0 bridgehead atoms. The van der Waals surface area contributed by atoms with Gasteiger partial charge in [0.2, 0.25) is 5.95 Å². The highest BCUT2D eigenvalue weighted by molar-refractivity contribution is 9.10. The summed E-state index contributed by atoms with van der Waals surface area (Å²) >= 11 is 3.57. The van der Waals surface area contributed by atoms with Gasteiger partial charge in [0.25, 0.3) is 0 Å². The molecule has 0 atom stereocenters. The van der Waals surface area contributed by atoms with Crippen LogP contribution in [0.2, 0.25) is 0 Å². The minimum Gasteiger partial charge on any atom is -0.369 e. The van der Waals surface area contributed by atoms with Crippen LogP contribution in [0.1, 0.15) is 11.3 Å². The summed E-state index contributed by atoms with van der Waals surface area (Å²) in [6.07, 6.45) is 2.38. The van der Waals surface area contributed by atoms with E-state index in [9.17, 15) is 4.39 Å². The maximum absolute atomic E-state index is 13.6. The summed E-state index contributed by atoms with van der Waals surface area (Å²) in [5, 5.41) is 7.78. The van der Waals surface area contributed by atoms with Crippen LogP contribution in [0.5, 0.6) is 0 Å². The molecule has 1 fully saturated rings. The quantitative estimate of drug-likeness (QED) is 0.198. The highest BCUT2D eigenvalue weighted by Crippen LogP contribution is 2.28. The van der Waals surface area contributed by atoms with Gasteiger partial charge in [-0.2, -0.15) is 4.98 Å². The second-order valence-electron chi connectivity index (χ2n) is 9.88. The zero-order valence-corrected chi connectivity index (χ0v) is 23.2. The number of likely N-dealkylation sites (N-methyl/N-ethyl adjacent to an activating group) is 1. The zero-order chi connectivity index (χ0) is 26.8. The first-order valence-electron chi connectivity index (χ1n) is 12.9. The van der Waals surface area contributed by atoms with Crippen LogP contribution in [-0.4, -0.2) is 53.1 Å². The Kier molecular flexibility index (Phi) is 7.17. The summed E-state index contributed by atoms with van der Waals surface area (Å²) in [5.74, 6) is 0.951. The Morgan fingerprint density at radius 1 is 0.923 bits per heavy atom. The lowest BCUT2D eigenvalue weighted by atomic mass is 10.1. The maximum Gasteiger partial charge on any atom is 0.229 e. The number of fused-ring (bicyclic) bond motifs is 1. The van der Waals surface area contributed by atoms with Crippen LogP contribution in [0.15, 0.2) is 83.5 Å². The van der Waals surface area contributed by atoms with Crippen molar-refractivity contribution in [2.45, 2.75) is 6.42 Å². The number of nitrogens with zero attached hydrogens (tertiary/aromatic N) is 4. The first-order chi connectivity index (χ1) is 19.0. The second kappa shape index (κ2) is 11.0. The van der Waals surface area contributed by atoms with Gasteiger partial charge in [0.1, 0.15) is 11.6 Å². The summed E-state index contributed by atoms with van der Waals surface area (Å²) in [5.41, 5.74) is 6.05. The van der Waals surface area contributed by atoms with Gasteiger partial charge in [0.15, 0.2) is 0 Å². The summed E-state index contributed by atoms with van der Waals surface area (Å²) < 4.78 is 14.3. The van der Waals surface area contributed by atoms with E-state index in [1.807, 2.05) is 18.2 Å². The van der Waals surface area contributed by atoms with Gasteiger partial charge in [-0.3, -0.25) is 0 Å². The minimum atomic E-state index is -0.220. The molecule has 7 nitrogen and oxygen atoms in total. The van der Waals surface area contributed by atoms with Crippen LogP contribution in [0, 0.1) is 5.82 Å². The topological polar surface area (TPSA) is 72.1 Å².